The van der Waals surface area contributed by atoms with Gasteiger partial charge in [0.1, 0.15) is 0 Å². The minimum absolute atomic E-state index is 0.122. The van der Waals surface area contributed by atoms with Crippen LogP contribution in [0.25, 0.3) is 0 Å². The fraction of sp³-hybridized carbons (Fsp3) is 0.667. The zero-order valence-corrected chi connectivity index (χ0v) is 11.8. The second kappa shape index (κ2) is 6.60. The Morgan fingerprint density at radius 1 is 1.50 bits per heavy atom. The van der Waals surface area contributed by atoms with E-state index in [9.17, 15) is 0 Å². The summed E-state index contributed by atoms with van der Waals surface area (Å²) >= 11 is 7.61. The molecule has 2 N–H and O–H groups in total. The standard InChI is InChI=1S/C12H21ClN2S/c1-4-5-8-15(3)12(9(2)14)10-6-7-11(13)16-10/h6-7,9,12H,4-5,8,14H2,1-3H3. The van der Waals surface area contributed by atoms with Gasteiger partial charge in [0.2, 0.25) is 0 Å². The van der Waals surface area contributed by atoms with Crippen molar-refractivity contribution in [2.45, 2.75) is 38.8 Å². The maximum Gasteiger partial charge on any atom is 0.0931 e. The molecule has 92 valence electrons. The molecule has 1 heterocycles. The van der Waals surface area contributed by atoms with E-state index in [-0.39, 0.29) is 12.1 Å². The highest BCUT2D eigenvalue weighted by Gasteiger charge is 2.22. The molecule has 0 aliphatic carbocycles. The molecule has 0 aliphatic heterocycles. The van der Waals surface area contributed by atoms with Gasteiger partial charge in [0.05, 0.1) is 10.4 Å². The van der Waals surface area contributed by atoms with Crippen LogP contribution in [-0.4, -0.2) is 24.5 Å². The van der Waals surface area contributed by atoms with Crippen molar-refractivity contribution in [2.24, 2.45) is 5.73 Å². The van der Waals surface area contributed by atoms with Crippen molar-refractivity contribution in [2.75, 3.05) is 13.6 Å². The number of unbranched alkanes of at least 4 members (excludes halogenated alkanes) is 1. The molecule has 16 heavy (non-hydrogen) atoms. The van der Waals surface area contributed by atoms with Gasteiger partial charge in [-0.1, -0.05) is 24.9 Å². The third-order valence-corrected chi connectivity index (χ3v) is 4.02. The molecule has 0 aliphatic rings. The lowest BCUT2D eigenvalue weighted by atomic mass is 10.1. The molecule has 0 radical (unpaired) electrons. The summed E-state index contributed by atoms with van der Waals surface area (Å²) in [5, 5.41) is 0. The van der Waals surface area contributed by atoms with Crippen molar-refractivity contribution in [3.63, 3.8) is 0 Å². The summed E-state index contributed by atoms with van der Waals surface area (Å²) in [6.45, 7) is 5.34. The van der Waals surface area contributed by atoms with Crippen LogP contribution in [0.5, 0.6) is 0 Å². The van der Waals surface area contributed by atoms with Crippen molar-refractivity contribution in [3.05, 3.63) is 21.3 Å². The van der Waals surface area contributed by atoms with Gasteiger partial charge in [-0.05, 0) is 39.1 Å². The lowest BCUT2D eigenvalue weighted by Gasteiger charge is -2.30. The summed E-state index contributed by atoms with van der Waals surface area (Å²) < 4.78 is 0.838. The van der Waals surface area contributed by atoms with E-state index < -0.39 is 0 Å². The Bertz CT molecular complexity index is 312. The molecule has 4 heteroatoms. The molecular weight excluding hydrogens is 240 g/mol. The summed E-state index contributed by atoms with van der Waals surface area (Å²) in [5.74, 6) is 0. The molecular formula is C12H21ClN2S. The van der Waals surface area contributed by atoms with Gasteiger partial charge in [-0.2, -0.15) is 0 Å². The number of nitrogens with zero attached hydrogens (tertiary/aromatic N) is 1. The third-order valence-electron chi connectivity index (χ3n) is 2.72. The number of hydrogen-bond donors (Lipinski definition) is 1. The Kier molecular flexibility index (Phi) is 5.76. The number of hydrogen-bond acceptors (Lipinski definition) is 3. The zero-order chi connectivity index (χ0) is 12.1. The van der Waals surface area contributed by atoms with Crippen LogP contribution in [0, 0.1) is 0 Å². The first-order chi connectivity index (χ1) is 7.56. The fourth-order valence-corrected chi connectivity index (χ4v) is 3.25. The quantitative estimate of drug-likeness (QED) is 0.848. The molecule has 0 spiro atoms. The van der Waals surface area contributed by atoms with E-state index in [1.165, 1.54) is 17.7 Å². The number of likely N-dealkylation sites (N-methyl/N-ethyl adjacent to an activating group) is 1. The van der Waals surface area contributed by atoms with Crippen LogP contribution in [-0.2, 0) is 0 Å². The van der Waals surface area contributed by atoms with E-state index in [1.54, 1.807) is 11.3 Å². The van der Waals surface area contributed by atoms with Crippen molar-refractivity contribution in [1.82, 2.24) is 4.90 Å². The maximum atomic E-state index is 6.07. The highest BCUT2D eigenvalue weighted by molar-refractivity contribution is 7.16. The van der Waals surface area contributed by atoms with Gasteiger partial charge in [-0.15, -0.1) is 11.3 Å². The van der Waals surface area contributed by atoms with E-state index in [2.05, 4.69) is 31.9 Å². The van der Waals surface area contributed by atoms with E-state index in [1.807, 2.05) is 6.07 Å². The van der Waals surface area contributed by atoms with E-state index in [4.69, 9.17) is 17.3 Å². The molecule has 2 unspecified atom stereocenters. The van der Waals surface area contributed by atoms with E-state index in [0.29, 0.717) is 0 Å². The molecule has 1 aromatic heterocycles. The van der Waals surface area contributed by atoms with Crippen LogP contribution in [0.15, 0.2) is 12.1 Å². The summed E-state index contributed by atoms with van der Waals surface area (Å²) in [4.78, 5) is 3.59. The number of rotatable bonds is 6. The zero-order valence-electron chi connectivity index (χ0n) is 10.2. The molecule has 0 aromatic carbocycles. The Morgan fingerprint density at radius 2 is 2.19 bits per heavy atom. The second-order valence-electron chi connectivity index (χ2n) is 4.28. The second-order valence-corrected chi connectivity index (χ2v) is 6.03. The SMILES string of the molecule is CCCCN(C)C(c1ccc(Cl)s1)C(C)N. The van der Waals surface area contributed by atoms with Gasteiger partial charge in [-0.3, -0.25) is 4.90 Å². The van der Waals surface area contributed by atoms with E-state index in [0.717, 1.165) is 10.9 Å². The highest BCUT2D eigenvalue weighted by atomic mass is 35.5. The van der Waals surface area contributed by atoms with Crippen LogP contribution in [0.1, 0.15) is 37.6 Å². The molecule has 1 rings (SSSR count). The lowest BCUT2D eigenvalue weighted by molar-refractivity contribution is 0.219. The first-order valence-corrected chi connectivity index (χ1v) is 6.96. The first-order valence-electron chi connectivity index (χ1n) is 5.77. The van der Waals surface area contributed by atoms with E-state index >= 15 is 0 Å². The van der Waals surface area contributed by atoms with Gasteiger partial charge in [0.25, 0.3) is 0 Å². The van der Waals surface area contributed by atoms with Gasteiger partial charge in [0.15, 0.2) is 0 Å². The largest absolute Gasteiger partial charge is 0.326 e. The Morgan fingerprint density at radius 3 is 2.62 bits per heavy atom. The van der Waals surface area contributed by atoms with Crippen molar-refractivity contribution in [3.8, 4) is 0 Å². The van der Waals surface area contributed by atoms with Crippen molar-refractivity contribution < 1.29 is 0 Å². The average Bonchev–Trinajstić information content (AvgIpc) is 2.61. The van der Waals surface area contributed by atoms with Crippen molar-refractivity contribution in [1.29, 1.82) is 0 Å². The van der Waals surface area contributed by atoms with Crippen LogP contribution < -0.4 is 5.73 Å². The predicted octanol–water partition coefficient (Wildman–Crippen LogP) is 3.52. The average molecular weight is 261 g/mol. The molecule has 1 aromatic rings. The van der Waals surface area contributed by atoms with Crippen molar-refractivity contribution >= 4 is 22.9 Å². The Labute approximate surface area is 107 Å². The minimum atomic E-state index is 0.122. The van der Waals surface area contributed by atoms with Crippen LogP contribution in [0.4, 0.5) is 0 Å². The summed E-state index contributed by atoms with van der Waals surface area (Å²) in [7, 11) is 2.14. The minimum Gasteiger partial charge on any atom is -0.326 e. The summed E-state index contributed by atoms with van der Waals surface area (Å²) in [5.41, 5.74) is 6.07. The maximum absolute atomic E-state index is 6.07. The molecule has 0 saturated carbocycles. The molecule has 0 saturated heterocycles. The normalized spacial score (nSPS) is 15.4. The fourth-order valence-electron chi connectivity index (χ4n) is 1.91. The Balaban J connectivity index is 2.74. The lowest BCUT2D eigenvalue weighted by Crippen LogP contribution is -2.37. The number of nitrogens with two attached hydrogens (primary N) is 1. The first kappa shape index (κ1) is 14.0. The van der Waals surface area contributed by atoms with Gasteiger partial charge >= 0.3 is 0 Å². The third kappa shape index (κ3) is 3.74. The molecule has 0 bridgehead atoms. The summed E-state index contributed by atoms with van der Waals surface area (Å²) in [6.07, 6.45) is 2.42. The van der Waals surface area contributed by atoms with Gasteiger partial charge in [-0.25, -0.2) is 0 Å². The monoisotopic (exact) mass is 260 g/mol. The molecule has 2 atom stereocenters. The van der Waals surface area contributed by atoms with Crippen LogP contribution >= 0.6 is 22.9 Å². The highest BCUT2D eigenvalue weighted by Crippen LogP contribution is 2.31. The topological polar surface area (TPSA) is 29.3 Å². The van der Waals surface area contributed by atoms with Gasteiger partial charge < -0.3 is 5.73 Å². The summed E-state index contributed by atoms with van der Waals surface area (Å²) in [6, 6.07) is 4.44. The number of thiophene rings is 1. The molecule has 0 fully saturated rings. The van der Waals surface area contributed by atoms with Gasteiger partial charge in [0, 0.05) is 10.9 Å². The predicted molar refractivity (Wildman–Crippen MR) is 73.3 cm³/mol. The van der Waals surface area contributed by atoms with Crippen LogP contribution in [0.3, 0.4) is 0 Å². The molecule has 2 nitrogen and oxygen atoms in total. The molecule has 0 amide bonds. The Hall–Kier alpha value is -0.0900. The smallest absolute Gasteiger partial charge is 0.0931 e. The van der Waals surface area contributed by atoms with Crippen LogP contribution in [0.2, 0.25) is 4.34 Å². The number of halogens is 1.